The number of rotatable bonds is 2. The van der Waals surface area contributed by atoms with Crippen LogP contribution in [0.4, 0.5) is 0 Å². The van der Waals surface area contributed by atoms with Crippen molar-refractivity contribution in [1.29, 1.82) is 5.26 Å². The van der Waals surface area contributed by atoms with Crippen molar-refractivity contribution in [2.45, 2.75) is 5.88 Å². The zero-order valence-corrected chi connectivity index (χ0v) is 8.27. The van der Waals surface area contributed by atoms with E-state index in [2.05, 4.69) is 15.1 Å². The van der Waals surface area contributed by atoms with Crippen molar-refractivity contribution < 1.29 is 4.52 Å². The zero-order valence-electron chi connectivity index (χ0n) is 7.51. The smallest absolute Gasteiger partial charge is 0.241 e. The van der Waals surface area contributed by atoms with Crippen LogP contribution in [-0.4, -0.2) is 15.1 Å². The molecule has 0 aromatic carbocycles. The summed E-state index contributed by atoms with van der Waals surface area (Å²) in [7, 11) is 0. The molecule has 0 aliphatic heterocycles. The standard InChI is InChI=1S/C9H5ClN4O/c10-3-8-13-9(14-15-8)7-2-1-6(4-11)5-12-7/h1-2,5H,3H2. The van der Waals surface area contributed by atoms with Gasteiger partial charge in [-0.3, -0.25) is 4.98 Å². The van der Waals surface area contributed by atoms with E-state index in [1.807, 2.05) is 6.07 Å². The van der Waals surface area contributed by atoms with Gasteiger partial charge in [0, 0.05) is 6.20 Å². The van der Waals surface area contributed by atoms with E-state index in [9.17, 15) is 0 Å². The van der Waals surface area contributed by atoms with Crippen LogP contribution < -0.4 is 0 Å². The number of nitriles is 1. The van der Waals surface area contributed by atoms with Crippen LogP contribution in [0.5, 0.6) is 0 Å². The molecule has 15 heavy (non-hydrogen) atoms. The summed E-state index contributed by atoms with van der Waals surface area (Å²) < 4.78 is 4.83. The SMILES string of the molecule is N#Cc1ccc(-c2noc(CCl)n2)nc1. The molecule has 0 bridgehead atoms. The minimum Gasteiger partial charge on any atom is -0.338 e. The molecule has 0 fully saturated rings. The first kappa shape index (κ1) is 9.62. The van der Waals surface area contributed by atoms with Gasteiger partial charge in [-0.2, -0.15) is 10.2 Å². The lowest BCUT2D eigenvalue weighted by molar-refractivity contribution is 0.391. The van der Waals surface area contributed by atoms with Gasteiger partial charge in [0.2, 0.25) is 11.7 Å². The van der Waals surface area contributed by atoms with Crippen molar-refractivity contribution in [2.75, 3.05) is 0 Å². The summed E-state index contributed by atoms with van der Waals surface area (Å²) in [6.45, 7) is 0. The van der Waals surface area contributed by atoms with Crippen molar-refractivity contribution in [3.8, 4) is 17.6 Å². The molecule has 0 amide bonds. The van der Waals surface area contributed by atoms with Crippen molar-refractivity contribution in [1.82, 2.24) is 15.1 Å². The van der Waals surface area contributed by atoms with Gasteiger partial charge in [-0.25, -0.2) is 0 Å². The molecule has 0 aliphatic rings. The summed E-state index contributed by atoms with van der Waals surface area (Å²) in [4.78, 5) is 8.02. The molecule has 0 radical (unpaired) electrons. The van der Waals surface area contributed by atoms with E-state index in [4.69, 9.17) is 21.4 Å². The van der Waals surface area contributed by atoms with E-state index in [0.717, 1.165) is 0 Å². The molecule has 2 aromatic heterocycles. The third-order valence-corrected chi connectivity index (χ3v) is 1.93. The van der Waals surface area contributed by atoms with Gasteiger partial charge in [-0.1, -0.05) is 5.16 Å². The minimum atomic E-state index is 0.170. The second kappa shape index (κ2) is 4.07. The topological polar surface area (TPSA) is 75.6 Å². The number of alkyl halides is 1. The lowest BCUT2D eigenvalue weighted by atomic mass is 10.2. The maximum atomic E-state index is 8.58. The Bertz CT molecular complexity index is 500. The molecular weight excluding hydrogens is 216 g/mol. The molecule has 2 rings (SSSR count). The van der Waals surface area contributed by atoms with Crippen LogP contribution in [0.25, 0.3) is 11.5 Å². The van der Waals surface area contributed by atoms with Crippen LogP contribution >= 0.6 is 11.6 Å². The van der Waals surface area contributed by atoms with Crippen molar-refractivity contribution in [3.05, 3.63) is 29.8 Å². The highest BCUT2D eigenvalue weighted by molar-refractivity contribution is 6.16. The first-order chi connectivity index (χ1) is 7.33. The van der Waals surface area contributed by atoms with Gasteiger partial charge in [-0.05, 0) is 12.1 Å². The summed E-state index contributed by atoms with van der Waals surface area (Å²) in [5.41, 5.74) is 1.04. The maximum Gasteiger partial charge on any atom is 0.241 e. The Morgan fingerprint density at radius 3 is 2.87 bits per heavy atom. The Morgan fingerprint density at radius 1 is 1.47 bits per heavy atom. The van der Waals surface area contributed by atoms with Crippen LogP contribution in [0, 0.1) is 11.3 Å². The van der Waals surface area contributed by atoms with Crippen LogP contribution in [0.1, 0.15) is 11.5 Å². The number of hydrogen-bond acceptors (Lipinski definition) is 5. The monoisotopic (exact) mass is 220 g/mol. The molecule has 5 nitrogen and oxygen atoms in total. The number of aromatic nitrogens is 3. The van der Waals surface area contributed by atoms with E-state index >= 15 is 0 Å². The fraction of sp³-hybridized carbons (Fsp3) is 0.111. The largest absolute Gasteiger partial charge is 0.338 e. The fourth-order valence-corrected chi connectivity index (χ4v) is 1.11. The number of pyridine rings is 1. The predicted octanol–water partition coefficient (Wildman–Crippen LogP) is 1.74. The van der Waals surface area contributed by atoms with E-state index in [1.165, 1.54) is 6.20 Å². The number of halogens is 1. The van der Waals surface area contributed by atoms with E-state index in [0.29, 0.717) is 23.0 Å². The van der Waals surface area contributed by atoms with Crippen molar-refractivity contribution in [3.63, 3.8) is 0 Å². The van der Waals surface area contributed by atoms with Crippen LogP contribution in [0.2, 0.25) is 0 Å². The Hall–Kier alpha value is -1.93. The molecule has 2 heterocycles. The number of nitrogens with zero attached hydrogens (tertiary/aromatic N) is 4. The fourth-order valence-electron chi connectivity index (χ4n) is 1.01. The molecule has 0 saturated heterocycles. The summed E-state index contributed by atoms with van der Waals surface area (Å²) in [5, 5.41) is 12.3. The lowest BCUT2D eigenvalue weighted by Gasteiger charge is -1.91. The number of hydrogen-bond donors (Lipinski definition) is 0. The molecular formula is C9H5ClN4O. The van der Waals surface area contributed by atoms with Gasteiger partial charge in [0.15, 0.2) is 0 Å². The molecule has 0 saturated carbocycles. The molecule has 0 aliphatic carbocycles. The van der Waals surface area contributed by atoms with Gasteiger partial charge in [0.1, 0.15) is 17.6 Å². The summed E-state index contributed by atoms with van der Waals surface area (Å²) in [6.07, 6.45) is 1.45. The van der Waals surface area contributed by atoms with Crippen LogP contribution in [0.3, 0.4) is 0 Å². The molecule has 6 heteroatoms. The Kier molecular flexibility index (Phi) is 2.61. The highest BCUT2D eigenvalue weighted by atomic mass is 35.5. The lowest BCUT2D eigenvalue weighted by Crippen LogP contribution is -1.86. The molecule has 0 N–H and O–H groups in total. The first-order valence-corrected chi connectivity index (χ1v) is 4.62. The average molecular weight is 221 g/mol. The van der Waals surface area contributed by atoms with Crippen molar-refractivity contribution >= 4 is 11.6 Å². The average Bonchev–Trinajstić information content (AvgIpc) is 2.78. The predicted molar refractivity (Wildman–Crippen MR) is 51.8 cm³/mol. The maximum absolute atomic E-state index is 8.58. The van der Waals surface area contributed by atoms with Crippen molar-refractivity contribution in [2.24, 2.45) is 0 Å². The van der Waals surface area contributed by atoms with Gasteiger partial charge < -0.3 is 4.52 Å². The first-order valence-electron chi connectivity index (χ1n) is 4.08. The van der Waals surface area contributed by atoms with E-state index in [-0.39, 0.29) is 5.88 Å². The Labute approximate surface area is 90.3 Å². The van der Waals surface area contributed by atoms with Crippen LogP contribution in [-0.2, 0) is 5.88 Å². The Morgan fingerprint density at radius 2 is 2.33 bits per heavy atom. The van der Waals surface area contributed by atoms with Crippen LogP contribution in [0.15, 0.2) is 22.9 Å². The molecule has 74 valence electrons. The van der Waals surface area contributed by atoms with Gasteiger partial charge in [0.05, 0.1) is 5.56 Å². The van der Waals surface area contributed by atoms with Gasteiger partial charge in [0.25, 0.3) is 0 Å². The second-order valence-corrected chi connectivity index (χ2v) is 2.96. The summed E-state index contributed by atoms with van der Waals surface area (Å²) in [5.74, 6) is 0.886. The van der Waals surface area contributed by atoms with Gasteiger partial charge in [-0.15, -0.1) is 11.6 Å². The van der Waals surface area contributed by atoms with E-state index in [1.54, 1.807) is 12.1 Å². The molecule has 0 atom stereocenters. The second-order valence-electron chi connectivity index (χ2n) is 2.69. The zero-order chi connectivity index (χ0) is 10.7. The minimum absolute atomic E-state index is 0.170. The quantitative estimate of drug-likeness (QED) is 0.721. The normalized spacial score (nSPS) is 9.87. The summed E-state index contributed by atoms with van der Waals surface area (Å²) in [6, 6.07) is 5.27. The molecule has 2 aromatic rings. The molecule has 0 unspecified atom stereocenters. The summed E-state index contributed by atoms with van der Waals surface area (Å²) >= 11 is 5.52. The van der Waals surface area contributed by atoms with E-state index < -0.39 is 0 Å². The highest BCUT2D eigenvalue weighted by Crippen LogP contribution is 2.13. The third kappa shape index (κ3) is 1.95. The Balaban J connectivity index is 2.33. The molecule has 0 spiro atoms. The van der Waals surface area contributed by atoms with Gasteiger partial charge >= 0.3 is 0 Å². The highest BCUT2D eigenvalue weighted by Gasteiger charge is 2.08. The third-order valence-electron chi connectivity index (χ3n) is 1.70.